The number of carbonyl (C=O) groups excluding carboxylic acids is 2. The average molecular weight is 211 g/mol. The van der Waals surface area contributed by atoms with Crippen LogP contribution < -0.4 is 0 Å². The van der Waals surface area contributed by atoms with E-state index < -0.39 is 0 Å². The number of hydrogen-bond acceptors (Lipinski definition) is 3. The predicted octanol–water partition coefficient (Wildman–Crippen LogP) is 1.32. The molecule has 4 nitrogen and oxygen atoms in total. The van der Waals surface area contributed by atoms with Crippen molar-refractivity contribution >= 4 is 11.8 Å². The average Bonchev–Trinajstić information content (AvgIpc) is 2.54. The molecule has 15 heavy (non-hydrogen) atoms. The number of methoxy groups -OCH3 is 1. The minimum Gasteiger partial charge on any atom is -0.499 e. The van der Waals surface area contributed by atoms with Gasteiger partial charge in [0.05, 0.1) is 13.2 Å². The normalized spacial score (nSPS) is 20.9. The zero-order valence-corrected chi connectivity index (χ0v) is 9.61. The molecular weight excluding hydrogens is 194 g/mol. The summed E-state index contributed by atoms with van der Waals surface area (Å²) in [7, 11) is 1.52. The summed E-state index contributed by atoms with van der Waals surface area (Å²) in [5.74, 6) is 0.328. The lowest BCUT2D eigenvalue weighted by Gasteiger charge is -2.27. The molecular formula is C11H17NO3. The van der Waals surface area contributed by atoms with Crippen LogP contribution >= 0.6 is 0 Å². The molecule has 84 valence electrons. The highest BCUT2D eigenvalue weighted by Crippen LogP contribution is 2.26. The molecule has 1 aliphatic heterocycles. The summed E-state index contributed by atoms with van der Waals surface area (Å²) >= 11 is 0. The van der Waals surface area contributed by atoms with Crippen LogP contribution in [0.2, 0.25) is 0 Å². The molecule has 0 saturated heterocycles. The quantitative estimate of drug-likeness (QED) is 0.707. The molecule has 0 aromatic heterocycles. The minimum absolute atomic E-state index is 0.151. The van der Waals surface area contributed by atoms with E-state index in [2.05, 4.69) is 0 Å². The fourth-order valence-corrected chi connectivity index (χ4v) is 1.80. The third-order valence-corrected chi connectivity index (χ3v) is 2.51. The van der Waals surface area contributed by atoms with Gasteiger partial charge in [0.2, 0.25) is 5.91 Å². The largest absolute Gasteiger partial charge is 0.499 e. The van der Waals surface area contributed by atoms with Gasteiger partial charge in [-0.1, -0.05) is 20.8 Å². The summed E-state index contributed by atoms with van der Waals surface area (Å²) < 4.78 is 5.13. The predicted molar refractivity (Wildman–Crippen MR) is 55.9 cm³/mol. The Kier molecular flexibility index (Phi) is 3.50. The van der Waals surface area contributed by atoms with Crippen molar-refractivity contribution in [1.29, 1.82) is 0 Å². The summed E-state index contributed by atoms with van der Waals surface area (Å²) in [4.78, 5) is 24.5. The monoisotopic (exact) mass is 211 g/mol. The zero-order valence-electron chi connectivity index (χ0n) is 9.61. The Hall–Kier alpha value is -1.32. The second-order valence-electron chi connectivity index (χ2n) is 3.90. The van der Waals surface area contributed by atoms with E-state index in [0.717, 1.165) is 0 Å². The van der Waals surface area contributed by atoms with E-state index in [0.29, 0.717) is 12.2 Å². The number of nitrogens with zero attached hydrogens (tertiary/aromatic N) is 1. The molecule has 0 aromatic carbocycles. The lowest BCUT2D eigenvalue weighted by Crippen LogP contribution is -2.43. The molecule has 1 heterocycles. The molecule has 0 saturated carbocycles. The van der Waals surface area contributed by atoms with Crippen molar-refractivity contribution in [2.75, 3.05) is 7.11 Å². The minimum atomic E-state index is -0.266. The third-order valence-electron chi connectivity index (χ3n) is 2.51. The zero-order chi connectivity index (χ0) is 11.6. The van der Waals surface area contributed by atoms with Crippen LogP contribution in [0.5, 0.6) is 0 Å². The van der Waals surface area contributed by atoms with Gasteiger partial charge in [0.25, 0.3) is 5.91 Å². The van der Waals surface area contributed by atoms with E-state index in [1.807, 2.05) is 13.8 Å². The summed E-state index contributed by atoms with van der Waals surface area (Å²) in [5, 5.41) is 0. The van der Waals surface area contributed by atoms with Crippen LogP contribution in [0.3, 0.4) is 0 Å². The SMILES string of the molecule is CCC(=O)N1C(=O)C=C(OC)[C@@H]1C(C)C. The highest BCUT2D eigenvalue weighted by atomic mass is 16.5. The molecule has 1 atom stereocenters. The van der Waals surface area contributed by atoms with Gasteiger partial charge in [-0.3, -0.25) is 14.5 Å². The maximum absolute atomic E-state index is 11.6. The van der Waals surface area contributed by atoms with Gasteiger partial charge in [-0.25, -0.2) is 0 Å². The Labute approximate surface area is 89.9 Å². The number of carbonyl (C=O) groups is 2. The van der Waals surface area contributed by atoms with Gasteiger partial charge in [-0.15, -0.1) is 0 Å². The van der Waals surface area contributed by atoms with Gasteiger partial charge in [0.15, 0.2) is 0 Å². The molecule has 0 aromatic rings. The van der Waals surface area contributed by atoms with Gasteiger partial charge < -0.3 is 4.74 Å². The Bertz CT molecular complexity index is 307. The van der Waals surface area contributed by atoms with Crippen LogP contribution in [-0.4, -0.2) is 29.9 Å². The van der Waals surface area contributed by atoms with Gasteiger partial charge in [-0.2, -0.15) is 0 Å². The van der Waals surface area contributed by atoms with Crippen molar-refractivity contribution < 1.29 is 14.3 Å². The van der Waals surface area contributed by atoms with E-state index >= 15 is 0 Å². The summed E-state index contributed by atoms with van der Waals surface area (Å²) in [6, 6.07) is -0.241. The molecule has 0 fully saturated rings. The van der Waals surface area contributed by atoms with Crippen molar-refractivity contribution in [3.63, 3.8) is 0 Å². The van der Waals surface area contributed by atoms with Crippen LogP contribution in [0.25, 0.3) is 0 Å². The van der Waals surface area contributed by atoms with Crippen LogP contribution in [0, 0.1) is 5.92 Å². The number of rotatable bonds is 3. The molecule has 0 bridgehead atoms. The van der Waals surface area contributed by atoms with Crippen LogP contribution in [0.4, 0.5) is 0 Å². The Morgan fingerprint density at radius 3 is 2.60 bits per heavy atom. The molecule has 1 rings (SSSR count). The van der Waals surface area contributed by atoms with Crippen molar-refractivity contribution in [3.8, 4) is 0 Å². The van der Waals surface area contributed by atoms with E-state index in [4.69, 9.17) is 4.74 Å². The number of imide groups is 1. The van der Waals surface area contributed by atoms with Crippen molar-refractivity contribution in [2.45, 2.75) is 33.2 Å². The lowest BCUT2D eigenvalue weighted by molar-refractivity contribution is -0.143. The summed E-state index contributed by atoms with van der Waals surface area (Å²) in [5.41, 5.74) is 0. The molecule has 0 aliphatic carbocycles. The Morgan fingerprint density at radius 2 is 2.20 bits per heavy atom. The first kappa shape index (κ1) is 11.8. The lowest BCUT2D eigenvalue weighted by atomic mass is 10.0. The number of hydrogen-bond donors (Lipinski definition) is 0. The fraction of sp³-hybridized carbons (Fsp3) is 0.636. The fourth-order valence-electron chi connectivity index (χ4n) is 1.80. The van der Waals surface area contributed by atoms with Gasteiger partial charge in [0, 0.05) is 12.5 Å². The number of amides is 2. The van der Waals surface area contributed by atoms with Crippen molar-refractivity contribution in [2.24, 2.45) is 5.92 Å². The van der Waals surface area contributed by atoms with Gasteiger partial charge in [-0.05, 0) is 5.92 Å². The first-order valence-electron chi connectivity index (χ1n) is 5.14. The molecule has 2 amide bonds. The van der Waals surface area contributed by atoms with Crippen LogP contribution in [-0.2, 0) is 14.3 Å². The van der Waals surface area contributed by atoms with E-state index in [-0.39, 0.29) is 23.8 Å². The van der Waals surface area contributed by atoms with E-state index in [9.17, 15) is 9.59 Å². The smallest absolute Gasteiger partial charge is 0.257 e. The molecule has 0 radical (unpaired) electrons. The van der Waals surface area contributed by atoms with E-state index in [1.54, 1.807) is 6.92 Å². The first-order chi connectivity index (χ1) is 7.02. The Balaban J connectivity index is 2.99. The van der Waals surface area contributed by atoms with Crippen LogP contribution in [0.1, 0.15) is 27.2 Å². The second kappa shape index (κ2) is 4.47. The first-order valence-corrected chi connectivity index (χ1v) is 5.14. The maximum Gasteiger partial charge on any atom is 0.257 e. The highest BCUT2D eigenvalue weighted by Gasteiger charge is 2.39. The van der Waals surface area contributed by atoms with Crippen molar-refractivity contribution in [3.05, 3.63) is 11.8 Å². The van der Waals surface area contributed by atoms with E-state index in [1.165, 1.54) is 18.1 Å². The summed E-state index contributed by atoms with van der Waals surface area (Å²) in [6.45, 7) is 5.68. The molecule has 0 unspecified atom stereocenters. The third kappa shape index (κ3) is 2.03. The van der Waals surface area contributed by atoms with Crippen LogP contribution in [0.15, 0.2) is 11.8 Å². The van der Waals surface area contributed by atoms with Gasteiger partial charge in [0.1, 0.15) is 5.76 Å². The Morgan fingerprint density at radius 1 is 1.60 bits per heavy atom. The molecule has 4 heteroatoms. The summed E-state index contributed by atoms with van der Waals surface area (Å²) in [6.07, 6.45) is 1.73. The second-order valence-corrected chi connectivity index (χ2v) is 3.90. The topological polar surface area (TPSA) is 46.6 Å². The molecule has 0 N–H and O–H groups in total. The maximum atomic E-state index is 11.6. The molecule has 1 aliphatic rings. The molecule has 0 spiro atoms. The highest BCUT2D eigenvalue weighted by molar-refractivity contribution is 6.04. The number of ether oxygens (including phenoxy) is 1. The van der Waals surface area contributed by atoms with Gasteiger partial charge >= 0.3 is 0 Å². The van der Waals surface area contributed by atoms with Crippen molar-refractivity contribution in [1.82, 2.24) is 4.90 Å². The standard InChI is InChI=1S/C11H17NO3/c1-5-9(13)12-10(14)6-8(15-4)11(12)7(2)3/h6-7,11H,5H2,1-4H3/t11-/m0/s1.